The van der Waals surface area contributed by atoms with Crippen LogP contribution in [0.25, 0.3) is 0 Å². The number of ether oxygens (including phenoxy) is 1. The lowest BCUT2D eigenvalue weighted by Gasteiger charge is -2.52. The molecule has 6 nitrogen and oxygen atoms in total. The number of halogens is 1. The van der Waals surface area contributed by atoms with E-state index in [1.54, 1.807) is 0 Å². The Labute approximate surface area is 182 Å². The highest BCUT2D eigenvalue weighted by atomic mass is 19.1. The molecule has 5 rings (SSSR count). The van der Waals surface area contributed by atoms with Crippen LogP contribution in [-0.2, 0) is 14.3 Å². The Morgan fingerprint density at radius 3 is 2.48 bits per heavy atom. The van der Waals surface area contributed by atoms with Crippen molar-refractivity contribution in [2.75, 3.05) is 13.1 Å². The van der Waals surface area contributed by atoms with Crippen molar-refractivity contribution in [2.45, 2.75) is 75.7 Å². The second kappa shape index (κ2) is 8.58. The van der Waals surface area contributed by atoms with E-state index in [1.807, 2.05) is 43.3 Å². The molecule has 4 fully saturated rings. The number of amides is 1. The molecule has 7 heteroatoms. The van der Waals surface area contributed by atoms with Gasteiger partial charge in [0.25, 0.3) is 0 Å². The summed E-state index contributed by atoms with van der Waals surface area (Å²) in [4.78, 5) is 27.0. The number of carbonyl (C=O) groups excluding carboxylic acids is 2. The van der Waals surface area contributed by atoms with Gasteiger partial charge in [0.2, 0.25) is 5.91 Å². The van der Waals surface area contributed by atoms with Crippen LogP contribution in [0, 0.1) is 16.7 Å². The first kappa shape index (κ1) is 21.8. The minimum atomic E-state index is -1.12. The molecule has 1 aromatic carbocycles. The van der Waals surface area contributed by atoms with E-state index >= 15 is 0 Å². The van der Waals surface area contributed by atoms with E-state index in [4.69, 9.17) is 10.00 Å². The lowest BCUT2D eigenvalue weighted by molar-refractivity contribution is -0.169. The summed E-state index contributed by atoms with van der Waals surface area (Å²) in [5.74, 6) is -0.337. The fourth-order valence-electron chi connectivity index (χ4n) is 5.38. The van der Waals surface area contributed by atoms with Gasteiger partial charge in [0.1, 0.15) is 18.3 Å². The molecule has 166 valence electrons. The molecule has 2 bridgehead atoms. The van der Waals surface area contributed by atoms with Crippen LogP contribution in [0.3, 0.4) is 0 Å². The van der Waals surface area contributed by atoms with Gasteiger partial charge in [0.15, 0.2) is 0 Å². The summed E-state index contributed by atoms with van der Waals surface area (Å²) in [5, 5.41) is 12.6. The molecule has 1 saturated heterocycles. The number of nitriles is 1. The van der Waals surface area contributed by atoms with Crippen molar-refractivity contribution < 1.29 is 18.7 Å². The first-order valence-corrected chi connectivity index (χ1v) is 11.2. The van der Waals surface area contributed by atoms with E-state index in [1.165, 1.54) is 4.90 Å². The second-order valence-electron chi connectivity index (χ2n) is 9.40. The highest BCUT2D eigenvalue weighted by Gasteiger charge is 2.53. The summed E-state index contributed by atoms with van der Waals surface area (Å²) >= 11 is 0. The molecular weight excluding hydrogens is 397 g/mol. The first-order chi connectivity index (χ1) is 14.9. The largest absolute Gasteiger partial charge is 0.457 e. The Bertz CT molecular complexity index is 844. The molecule has 4 aliphatic rings. The second-order valence-corrected chi connectivity index (χ2v) is 9.40. The fraction of sp³-hybridized carbons (Fsp3) is 0.625. The van der Waals surface area contributed by atoms with Crippen LogP contribution in [0.2, 0.25) is 0 Å². The van der Waals surface area contributed by atoms with E-state index in [-0.39, 0.29) is 43.0 Å². The van der Waals surface area contributed by atoms with Gasteiger partial charge in [-0.2, -0.15) is 5.26 Å². The Balaban J connectivity index is 1.31. The zero-order chi connectivity index (χ0) is 22.1. The van der Waals surface area contributed by atoms with Gasteiger partial charge in [-0.05, 0) is 51.0 Å². The molecule has 1 amide bonds. The monoisotopic (exact) mass is 427 g/mol. The van der Waals surface area contributed by atoms with Gasteiger partial charge in [0.05, 0.1) is 24.6 Å². The number of hydrogen-bond donors (Lipinski definition) is 1. The molecule has 0 aromatic heterocycles. The molecule has 0 unspecified atom stereocenters. The number of esters is 1. The highest BCUT2D eigenvalue weighted by molar-refractivity contribution is 5.80. The minimum absolute atomic E-state index is 0.000288. The SMILES string of the molecule is C[C@@H](OC(=O)C12CCC(NCC(=O)N3C[C@@H](F)C[C@H]3C#N)(CC1)CC2)c1ccccc1. The predicted molar refractivity (Wildman–Crippen MR) is 112 cm³/mol. The topological polar surface area (TPSA) is 82.4 Å². The van der Waals surface area contributed by atoms with Gasteiger partial charge >= 0.3 is 5.97 Å². The van der Waals surface area contributed by atoms with Crippen LogP contribution < -0.4 is 5.32 Å². The average Bonchev–Trinajstić information content (AvgIpc) is 3.20. The molecular formula is C24H30FN3O3. The van der Waals surface area contributed by atoms with Crippen molar-refractivity contribution in [2.24, 2.45) is 5.41 Å². The third-order valence-corrected chi connectivity index (χ3v) is 7.57. The van der Waals surface area contributed by atoms with Gasteiger partial charge in [-0.3, -0.25) is 9.59 Å². The van der Waals surface area contributed by atoms with Crippen molar-refractivity contribution in [3.8, 4) is 6.07 Å². The summed E-state index contributed by atoms with van der Waals surface area (Å²) in [6, 6.07) is 11.1. The van der Waals surface area contributed by atoms with E-state index in [2.05, 4.69) is 5.32 Å². The van der Waals surface area contributed by atoms with Crippen LogP contribution in [0.4, 0.5) is 4.39 Å². The standard InChI is InChI=1S/C24H30FN3O3/c1-17(18-5-3-2-4-6-18)31-22(30)23-7-10-24(11-8-23,12-9-23)27-15-21(29)28-16-19(25)13-20(28)14-26/h2-6,17,19-20,27H,7-13,15-16H2,1H3/t17-,19+,20+,23?,24?/m1/s1. The minimum Gasteiger partial charge on any atom is -0.457 e. The van der Waals surface area contributed by atoms with E-state index < -0.39 is 17.6 Å². The predicted octanol–water partition coefficient (Wildman–Crippen LogP) is 3.44. The van der Waals surface area contributed by atoms with Crippen molar-refractivity contribution in [3.63, 3.8) is 0 Å². The zero-order valence-corrected chi connectivity index (χ0v) is 18.0. The maximum Gasteiger partial charge on any atom is 0.312 e. The van der Waals surface area contributed by atoms with Crippen LogP contribution in [0.5, 0.6) is 0 Å². The number of nitrogens with one attached hydrogen (secondary N) is 1. The van der Waals surface area contributed by atoms with E-state index in [9.17, 15) is 14.0 Å². The molecule has 31 heavy (non-hydrogen) atoms. The Hall–Kier alpha value is -2.46. The third kappa shape index (κ3) is 4.31. The summed E-state index contributed by atoms with van der Waals surface area (Å²) in [6.45, 7) is 2.01. The molecule has 1 aliphatic heterocycles. The third-order valence-electron chi connectivity index (χ3n) is 7.57. The maximum atomic E-state index is 13.6. The Kier molecular flexibility index (Phi) is 6.02. The van der Waals surface area contributed by atoms with Crippen molar-refractivity contribution in [1.29, 1.82) is 5.26 Å². The van der Waals surface area contributed by atoms with Crippen LogP contribution in [-0.4, -0.2) is 47.6 Å². The molecule has 0 spiro atoms. The molecule has 3 atom stereocenters. The van der Waals surface area contributed by atoms with Gasteiger partial charge in [-0.1, -0.05) is 30.3 Å². The molecule has 1 N–H and O–H groups in total. The summed E-state index contributed by atoms with van der Waals surface area (Å²) in [7, 11) is 0. The summed E-state index contributed by atoms with van der Waals surface area (Å²) < 4.78 is 19.5. The number of fused-ring (bicyclic) bond motifs is 3. The van der Waals surface area contributed by atoms with Gasteiger partial charge in [0, 0.05) is 12.0 Å². The lowest BCUT2D eigenvalue weighted by Crippen LogP contribution is -2.58. The molecule has 3 saturated carbocycles. The van der Waals surface area contributed by atoms with Gasteiger partial charge in [-0.15, -0.1) is 0 Å². The molecule has 1 heterocycles. The van der Waals surface area contributed by atoms with Crippen molar-refractivity contribution >= 4 is 11.9 Å². The van der Waals surface area contributed by atoms with Crippen molar-refractivity contribution in [1.82, 2.24) is 10.2 Å². The van der Waals surface area contributed by atoms with Gasteiger partial charge < -0.3 is 15.0 Å². The number of benzene rings is 1. The molecule has 3 aliphatic carbocycles. The average molecular weight is 428 g/mol. The zero-order valence-electron chi connectivity index (χ0n) is 18.0. The van der Waals surface area contributed by atoms with Gasteiger partial charge in [-0.25, -0.2) is 4.39 Å². The first-order valence-electron chi connectivity index (χ1n) is 11.2. The number of rotatable bonds is 6. The molecule has 1 aromatic rings. The summed E-state index contributed by atoms with van der Waals surface area (Å²) in [6.07, 6.45) is 3.34. The fourth-order valence-corrected chi connectivity index (χ4v) is 5.38. The van der Waals surface area contributed by atoms with Crippen LogP contribution in [0.1, 0.15) is 63.5 Å². The Morgan fingerprint density at radius 2 is 1.87 bits per heavy atom. The van der Waals surface area contributed by atoms with Crippen LogP contribution >= 0.6 is 0 Å². The maximum absolute atomic E-state index is 13.6. The normalized spacial score (nSPS) is 33.0. The lowest BCUT2D eigenvalue weighted by atomic mass is 9.57. The van der Waals surface area contributed by atoms with E-state index in [0.29, 0.717) is 0 Å². The number of likely N-dealkylation sites (tertiary alicyclic amines) is 1. The highest BCUT2D eigenvalue weighted by Crippen LogP contribution is 2.53. The number of hydrogen-bond acceptors (Lipinski definition) is 5. The van der Waals surface area contributed by atoms with E-state index in [0.717, 1.165) is 44.1 Å². The van der Waals surface area contributed by atoms with Crippen molar-refractivity contribution in [3.05, 3.63) is 35.9 Å². The molecule has 0 radical (unpaired) electrons. The number of carbonyl (C=O) groups is 2. The number of nitrogens with zero attached hydrogens (tertiary/aromatic N) is 2. The summed E-state index contributed by atoms with van der Waals surface area (Å²) in [5.41, 5.74) is 0.389. The smallest absolute Gasteiger partial charge is 0.312 e. The quantitative estimate of drug-likeness (QED) is 0.704. The Morgan fingerprint density at radius 1 is 1.23 bits per heavy atom. The van der Waals surface area contributed by atoms with Crippen LogP contribution in [0.15, 0.2) is 30.3 Å². The number of alkyl halides is 1.